The lowest BCUT2D eigenvalue weighted by molar-refractivity contribution is -0.130. The summed E-state index contributed by atoms with van der Waals surface area (Å²) in [5, 5.41) is 10.1. The van der Waals surface area contributed by atoms with Crippen molar-refractivity contribution >= 4 is 17.2 Å². The Morgan fingerprint density at radius 2 is 2.27 bits per heavy atom. The molecule has 1 aliphatic heterocycles. The van der Waals surface area contributed by atoms with Crippen LogP contribution in [0.15, 0.2) is 10.2 Å². The van der Waals surface area contributed by atoms with Gasteiger partial charge in [-0.3, -0.25) is 9.59 Å². The highest BCUT2D eigenvalue weighted by Crippen LogP contribution is 2.15. The predicted molar refractivity (Wildman–Crippen MR) is 82.8 cm³/mol. The largest absolute Gasteiger partial charge is 0.338 e. The monoisotopic (exact) mass is 321 g/mol. The lowest BCUT2D eigenvalue weighted by Crippen LogP contribution is -2.29. The molecule has 0 aromatic carbocycles. The Balaban J connectivity index is 1.59. The highest BCUT2D eigenvalue weighted by molar-refractivity contribution is 7.07. The average molecular weight is 321 g/mol. The predicted octanol–water partition coefficient (Wildman–Crippen LogP) is 0.805. The Morgan fingerprint density at radius 3 is 3.00 bits per heavy atom. The molecule has 0 radical (unpaired) electrons. The number of rotatable bonds is 5. The van der Waals surface area contributed by atoms with E-state index >= 15 is 0 Å². The lowest BCUT2D eigenvalue weighted by Gasteiger charge is -2.17. The summed E-state index contributed by atoms with van der Waals surface area (Å²) in [4.78, 5) is 25.5. The Hall–Kier alpha value is -1.96. The van der Waals surface area contributed by atoms with Crippen LogP contribution in [0.25, 0.3) is 0 Å². The molecule has 0 saturated carbocycles. The van der Waals surface area contributed by atoms with Gasteiger partial charge in [0.1, 0.15) is 5.82 Å². The van der Waals surface area contributed by atoms with Crippen molar-refractivity contribution in [2.45, 2.75) is 45.8 Å². The number of fused-ring (bicyclic) bond motifs is 1. The van der Waals surface area contributed by atoms with E-state index in [1.807, 2.05) is 12.3 Å². The molecule has 1 amide bonds. The van der Waals surface area contributed by atoms with Crippen LogP contribution in [0.2, 0.25) is 0 Å². The summed E-state index contributed by atoms with van der Waals surface area (Å²) in [5.41, 5.74) is 0.903. The first-order chi connectivity index (χ1) is 10.6. The maximum absolute atomic E-state index is 12.2. The van der Waals surface area contributed by atoms with Gasteiger partial charge >= 0.3 is 4.87 Å². The number of nitrogens with zero attached hydrogens (tertiary/aromatic N) is 5. The Labute approximate surface area is 132 Å². The van der Waals surface area contributed by atoms with Crippen LogP contribution in [0.1, 0.15) is 30.2 Å². The summed E-state index contributed by atoms with van der Waals surface area (Å²) in [7, 11) is 1.77. The average Bonchev–Trinajstić information content (AvgIpc) is 3.16. The van der Waals surface area contributed by atoms with Crippen LogP contribution < -0.4 is 4.87 Å². The lowest BCUT2D eigenvalue weighted by atomic mass is 10.3. The van der Waals surface area contributed by atoms with Crippen LogP contribution >= 0.6 is 11.3 Å². The van der Waals surface area contributed by atoms with Crippen molar-refractivity contribution in [2.24, 2.45) is 0 Å². The fraction of sp³-hybridized carbons (Fsp3) is 0.571. The van der Waals surface area contributed by atoms with E-state index in [9.17, 15) is 9.59 Å². The summed E-state index contributed by atoms with van der Waals surface area (Å²) in [6, 6.07) is 0. The molecule has 0 bridgehead atoms. The van der Waals surface area contributed by atoms with Crippen molar-refractivity contribution in [3.63, 3.8) is 0 Å². The molecule has 1 aliphatic rings. The minimum absolute atomic E-state index is 0.00727. The number of carbonyl (C=O) groups is 1. The van der Waals surface area contributed by atoms with Gasteiger partial charge in [0.05, 0.1) is 6.54 Å². The number of amides is 1. The molecule has 8 heteroatoms. The SMILES string of the molecule is Cc1csc(=O)n1CCC(=O)N(C)Cc1nnc2n1CCC2. The number of thiazole rings is 1. The van der Waals surface area contributed by atoms with Gasteiger partial charge in [-0.05, 0) is 13.3 Å². The number of aromatic nitrogens is 4. The minimum atomic E-state index is -0.0109. The highest BCUT2D eigenvalue weighted by Gasteiger charge is 2.20. The van der Waals surface area contributed by atoms with Gasteiger partial charge in [0.2, 0.25) is 5.91 Å². The van der Waals surface area contributed by atoms with Crippen LogP contribution in [-0.4, -0.2) is 37.2 Å². The molecule has 0 fully saturated rings. The van der Waals surface area contributed by atoms with Crippen molar-refractivity contribution in [3.05, 3.63) is 32.4 Å². The van der Waals surface area contributed by atoms with Gasteiger partial charge in [0, 0.05) is 44.1 Å². The van der Waals surface area contributed by atoms with Crippen LogP contribution in [-0.2, 0) is 30.8 Å². The van der Waals surface area contributed by atoms with Gasteiger partial charge < -0.3 is 14.0 Å². The van der Waals surface area contributed by atoms with Gasteiger partial charge in [-0.25, -0.2) is 0 Å². The van der Waals surface area contributed by atoms with E-state index in [1.165, 1.54) is 11.3 Å². The maximum atomic E-state index is 12.2. The molecule has 2 aromatic rings. The van der Waals surface area contributed by atoms with Crippen molar-refractivity contribution in [2.75, 3.05) is 7.05 Å². The fourth-order valence-electron chi connectivity index (χ4n) is 2.70. The fourth-order valence-corrected chi connectivity index (χ4v) is 3.46. The molecule has 0 atom stereocenters. The first-order valence-electron chi connectivity index (χ1n) is 7.36. The van der Waals surface area contributed by atoms with Crippen molar-refractivity contribution in [1.29, 1.82) is 0 Å². The zero-order valence-corrected chi connectivity index (χ0v) is 13.6. The molecule has 7 nitrogen and oxygen atoms in total. The quantitative estimate of drug-likeness (QED) is 0.817. The van der Waals surface area contributed by atoms with Gasteiger partial charge in [-0.2, -0.15) is 0 Å². The zero-order valence-electron chi connectivity index (χ0n) is 12.8. The first-order valence-corrected chi connectivity index (χ1v) is 8.24. The standard InChI is InChI=1S/C14H19N5O2S/c1-10-9-22-14(21)18(10)7-5-13(20)17(2)8-12-16-15-11-4-3-6-19(11)12/h9H,3-8H2,1-2H3. The van der Waals surface area contributed by atoms with Gasteiger partial charge in [-0.15, -0.1) is 10.2 Å². The number of aryl methyl sites for hydroxylation is 2. The Morgan fingerprint density at radius 1 is 1.45 bits per heavy atom. The summed E-state index contributed by atoms with van der Waals surface area (Å²) in [5.74, 6) is 1.86. The molecule has 0 spiro atoms. The Bertz CT molecular complexity index is 745. The molecule has 0 saturated heterocycles. The van der Waals surface area contributed by atoms with E-state index in [-0.39, 0.29) is 10.8 Å². The van der Waals surface area contributed by atoms with E-state index in [4.69, 9.17) is 0 Å². The first kappa shape index (κ1) is 15.0. The summed E-state index contributed by atoms with van der Waals surface area (Å²) < 4.78 is 3.74. The summed E-state index contributed by atoms with van der Waals surface area (Å²) >= 11 is 1.17. The second-order valence-electron chi connectivity index (χ2n) is 5.58. The number of hydrogen-bond acceptors (Lipinski definition) is 5. The summed E-state index contributed by atoms with van der Waals surface area (Å²) in [6.07, 6.45) is 2.37. The number of carbonyl (C=O) groups excluding carboxylic acids is 1. The van der Waals surface area contributed by atoms with Crippen LogP contribution in [0, 0.1) is 6.92 Å². The van der Waals surface area contributed by atoms with Gasteiger partial charge in [-0.1, -0.05) is 11.3 Å². The third kappa shape index (κ3) is 2.83. The molecule has 2 aromatic heterocycles. The maximum Gasteiger partial charge on any atom is 0.307 e. The molecule has 0 unspecified atom stereocenters. The van der Waals surface area contributed by atoms with Gasteiger partial charge in [0.25, 0.3) is 0 Å². The van der Waals surface area contributed by atoms with E-state index in [1.54, 1.807) is 16.5 Å². The summed E-state index contributed by atoms with van der Waals surface area (Å²) in [6.45, 7) is 3.70. The third-order valence-corrected chi connectivity index (χ3v) is 4.90. The van der Waals surface area contributed by atoms with Gasteiger partial charge in [0.15, 0.2) is 5.82 Å². The second kappa shape index (κ2) is 6.04. The normalized spacial score (nSPS) is 13.4. The molecule has 3 rings (SSSR count). The van der Waals surface area contributed by atoms with Crippen molar-refractivity contribution in [3.8, 4) is 0 Å². The molecule has 3 heterocycles. The molecule has 22 heavy (non-hydrogen) atoms. The van der Waals surface area contributed by atoms with Crippen molar-refractivity contribution in [1.82, 2.24) is 24.2 Å². The van der Waals surface area contributed by atoms with E-state index in [2.05, 4.69) is 14.8 Å². The highest BCUT2D eigenvalue weighted by atomic mass is 32.1. The topological polar surface area (TPSA) is 73.0 Å². The van der Waals surface area contributed by atoms with E-state index < -0.39 is 0 Å². The zero-order chi connectivity index (χ0) is 15.7. The molecular formula is C14H19N5O2S. The van der Waals surface area contributed by atoms with Crippen LogP contribution in [0.4, 0.5) is 0 Å². The third-order valence-electron chi connectivity index (χ3n) is 4.02. The van der Waals surface area contributed by atoms with E-state index in [0.717, 1.165) is 36.7 Å². The smallest absolute Gasteiger partial charge is 0.307 e. The van der Waals surface area contributed by atoms with Crippen LogP contribution in [0.5, 0.6) is 0 Å². The molecule has 118 valence electrons. The number of hydrogen-bond donors (Lipinski definition) is 0. The molecule has 0 aliphatic carbocycles. The Kier molecular flexibility index (Phi) is 4.10. The molecule has 0 N–H and O–H groups in total. The minimum Gasteiger partial charge on any atom is -0.338 e. The van der Waals surface area contributed by atoms with E-state index in [0.29, 0.717) is 19.5 Å². The van der Waals surface area contributed by atoms with Crippen LogP contribution in [0.3, 0.4) is 0 Å². The molecular weight excluding hydrogens is 302 g/mol. The van der Waals surface area contributed by atoms with Crippen molar-refractivity contribution < 1.29 is 4.79 Å². The second-order valence-corrected chi connectivity index (χ2v) is 6.40.